The third-order valence-electron chi connectivity index (χ3n) is 6.10. The first-order valence-electron chi connectivity index (χ1n) is 8.97. The molecule has 22 heavy (non-hydrogen) atoms. The van der Waals surface area contributed by atoms with E-state index in [1.165, 1.54) is 30.4 Å². The van der Waals surface area contributed by atoms with E-state index >= 15 is 0 Å². The topological polar surface area (TPSA) is 18.5 Å². The van der Waals surface area contributed by atoms with Crippen LogP contribution in [-0.2, 0) is 6.42 Å². The second-order valence-electron chi connectivity index (χ2n) is 8.32. The molecule has 1 fully saturated rings. The smallest absolute Gasteiger partial charge is 0.127 e. The van der Waals surface area contributed by atoms with E-state index in [0.717, 1.165) is 30.8 Å². The van der Waals surface area contributed by atoms with E-state index in [2.05, 4.69) is 39.8 Å². The summed E-state index contributed by atoms with van der Waals surface area (Å²) in [5, 5.41) is 0. The Morgan fingerprint density at radius 3 is 2.59 bits per heavy atom. The first kappa shape index (κ1) is 14.4. The third-order valence-corrected chi connectivity index (χ3v) is 6.10. The Hall–Kier alpha value is -1.18. The number of unbranched alkanes of at least 4 members (excludes halogenated alkanes) is 1. The van der Waals surface area contributed by atoms with Gasteiger partial charge in [-0.05, 0) is 70.6 Å². The van der Waals surface area contributed by atoms with Gasteiger partial charge in [-0.3, -0.25) is 0 Å². The number of benzene rings is 1. The van der Waals surface area contributed by atoms with Crippen molar-refractivity contribution in [3.8, 4) is 11.5 Å². The molecule has 1 saturated carbocycles. The summed E-state index contributed by atoms with van der Waals surface area (Å²) in [7, 11) is 0. The molecule has 1 unspecified atom stereocenters. The van der Waals surface area contributed by atoms with Gasteiger partial charge in [0.05, 0.1) is 0 Å². The Kier molecular flexibility index (Phi) is 3.05. The van der Waals surface area contributed by atoms with E-state index in [4.69, 9.17) is 9.47 Å². The average molecular weight is 300 g/mol. The molecule has 0 amide bonds. The largest absolute Gasteiger partial charge is 0.487 e. The second kappa shape index (κ2) is 4.66. The number of ether oxygens (including phenoxy) is 2. The van der Waals surface area contributed by atoms with Crippen molar-refractivity contribution in [3.05, 3.63) is 23.3 Å². The van der Waals surface area contributed by atoms with Crippen LogP contribution in [0.15, 0.2) is 12.1 Å². The van der Waals surface area contributed by atoms with Gasteiger partial charge < -0.3 is 9.47 Å². The molecule has 2 aliphatic heterocycles. The van der Waals surface area contributed by atoms with Crippen molar-refractivity contribution in [2.45, 2.75) is 83.3 Å². The van der Waals surface area contributed by atoms with Crippen molar-refractivity contribution in [1.29, 1.82) is 0 Å². The fourth-order valence-corrected chi connectivity index (χ4v) is 4.94. The van der Waals surface area contributed by atoms with Crippen molar-refractivity contribution in [3.63, 3.8) is 0 Å². The highest BCUT2D eigenvalue weighted by atomic mass is 16.5. The second-order valence-corrected chi connectivity index (χ2v) is 8.32. The monoisotopic (exact) mass is 300 g/mol. The van der Waals surface area contributed by atoms with E-state index in [1.54, 1.807) is 0 Å². The first-order chi connectivity index (χ1) is 10.4. The van der Waals surface area contributed by atoms with E-state index in [9.17, 15) is 0 Å². The molecule has 1 aliphatic carbocycles. The number of hydrogen-bond acceptors (Lipinski definition) is 2. The van der Waals surface area contributed by atoms with Gasteiger partial charge in [0.25, 0.3) is 0 Å². The summed E-state index contributed by atoms with van der Waals surface area (Å²) in [5.41, 5.74) is 2.70. The van der Waals surface area contributed by atoms with Crippen molar-refractivity contribution in [2.24, 2.45) is 5.92 Å². The first-order valence-corrected chi connectivity index (χ1v) is 8.97. The minimum absolute atomic E-state index is 0.0300. The predicted molar refractivity (Wildman–Crippen MR) is 88.9 cm³/mol. The molecule has 2 heterocycles. The fourth-order valence-electron chi connectivity index (χ4n) is 4.94. The van der Waals surface area contributed by atoms with Crippen LogP contribution in [0.1, 0.15) is 76.8 Å². The highest BCUT2D eigenvalue weighted by molar-refractivity contribution is 5.54. The molecule has 1 aromatic carbocycles. The van der Waals surface area contributed by atoms with Crippen LogP contribution >= 0.6 is 0 Å². The summed E-state index contributed by atoms with van der Waals surface area (Å²) in [6.45, 7) is 9.09. The third kappa shape index (κ3) is 2.06. The van der Waals surface area contributed by atoms with E-state index in [0.29, 0.717) is 11.8 Å². The van der Waals surface area contributed by atoms with Gasteiger partial charge in [0.1, 0.15) is 22.7 Å². The zero-order valence-electron chi connectivity index (χ0n) is 14.4. The molecule has 2 bridgehead atoms. The summed E-state index contributed by atoms with van der Waals surface area (Å²) in [6.07, 6.45) is 7.08. The predicted octanol–water partition coefficient (Wildman–Crippen LogP) is 5.24. The van der Waals surface area contributed by atoms with Crippen LogP contribution < -0.4 is 9.47 Å². The van der Waals surface area contributed by atoms with Crippen LogP contribution in [0.25, 0.3) is 0 Å². The SMILES string of the molecule is CCCCc1cc2c3c(c1)O[C@@]1(C)CCC([C@@H]3C1)C(C)(C)O2. The van der Waals surface area contributed by atoms with Gasteiger partial charge in [-0.1, -0.05) is 13.3 Å². The lowest BCUT2D eigenvalue weighted by Gasteiger charge is -2.55. The molecule has 0 radical (unpaired) electrons. The van der Waals surface area contributed by atoms with E-state index in [-0.39, 0.29) is 11.2 Å². The van der Waals surface area contributed by atoms with E-state index < -0.39 is 0 Å². The maximum absolute atomic E-state index is 6.47. The lowest BCUT2D eigenvalue weighted by Crippen LogP contribution is -2.53. The van der Waals surface area contributed by atoms with Gasteiger partial charge >= 0.3 is 0 Å². The molecular formula is C20H28O2. The van der Waals surface area contributed by atoms with Gasteiger partial charge in [0.2, 0.25) is 0 Å². The molecule has 120 valence electrons. The number of aryl methyl sites for hydroxylation is 1. The molecule has 4 rings (SSSR count). The van der Waals surface area contributed by atoms with Gasteiger partial charge in [-0.2, -0.15) is 0 Å². The van der Waals surface area contributed by atoms with Crippen molar-refractivity contribution < 1.29 is 9.47 Å². The van der Waals surface area contributed by atoms with Crippen LogP contribution in [0.4, 0.5) is 0 Å². The standard InChI is InChI=1S/C20H28O2/c1-5-6-7-13-10-16-18-14-12-20(4,22-17(18)11-13)9-8-15(14)19(2,3)21-16/h10-11,14-15H,5-9,12H2,1-4H3/t14-,15?,20-/m0/s1. The quantitative estimate of drug-likeness (QED) is 0.760. The summed E-state index contributed by atoms with van der Waals surface area (Å²) in [5.74, 6) is 3.44. The summed E-state index contributed by atoms with van der Waals surface area (Å²) in [6, 6.07) is 4.58. The Balaban J connectivity index is 1.84. The molecular weight excluding hydrogens is 272 g/mol. The minimum Gasteiger partial charge on any atom is -0.487 e. The molecule has 3 atom stereocenters. The van der Waals surface area contributed by atoms with Crippen molar-refractivity contribution in [2.75, 3.05) is 0 Å². The molecule has 2 heteroatoms. The Morgan fingerprint density at radius 2 is 1.86 bits per heavy atom. The molecule has 3 aliphatic rings. The van der Waals surface area contributed by atoms with Crippen molar-refractivity contribution in [1.82, 2.24) is 0 Å². The lowest BCUT2D eigenvalue weighted by molar-refractivity contribution is -0.0727. The van der Waals surface area contributed by atoms with Gasteiger partial charge in [-0.15, -0.1) is 0 Å². The van der Waals surface area contributed by atoms with Gasteiger partial charge in [-0.25, -0.2) is 0 Å². The van der Waals surface area contributed by atoms with Crippen LogP contribution in [0.3, 0.4) is 0 Å². The summed E-state index contributed by atoms with van der Waals surface area (Å²) in [4.78, 5) is 0. The highest BCUT2D eigenvalue weighted by Gasteiger charge is 2.54. The minimum atomic E-state index is -0.0585. The van der Waals surface area contributed by atoms with Gasteiger partial charge in [0, 0.05) is 17.4 Å². The summed E-state index contributed by atoms with van der Waals surface area (Å²) >= 11 is 0. The molecule has 0 N–H and O–H groups in total. The molecule has 2 nitrogen and oxygen atoms in total. The summed E-state index contributed by atoms with van der Waals surface area (Å²) < 4.78 is 12.9. The Bertz CT molecular complexity index is 587. The molecule has 1 aromatic rings. The number of fused-ring (bicyclic) bond motifs is 1. The average Bonchev–Trinajstić information content (AvgIpc) is 2.42. The van der Waals surface area contributed by atoms with Crippen LogP contribution in [0, 0.1) is 5.92 Å². The van der Waals surface area contributed by atoms with Crippen LogP contribution in [-0.4, -0.2) is 11.2 Å². The number of hydrogen-bond donors (Lipinski definition) is 0. The lowest BCUT2D eigenvalue weighted by atomic mass is 9.61. The molecule has 0 saturated heterocycles. The zero-order valence-corrected chi connectivity index (χ0v) is 14.4. The maximum Gasteiger partial charge on any atom is 0.127 e. The molecule has 0 aromatic heterocycles. The Labute approximate surface area is 134 Å². The maximum atomic E-state index is 6.47. The van der Waals surface area contributed by atoms with Crippen LogP contribution in [0.5, 0.6) is 11.5 Å². The van der Waals surface area contributed by atoms with E-state index in [1.807, 2.05) is 0 Å². The highest BCUT2D eigenvalue weighted by Crippen LogP contribution is 2.60. The number of rotatable bonds is 3. The Morgan fingerprint density at radius 1 is 1.14 bits per heavy atom. The van der Waals surface area contributed by atoms with Crippen LogP contribution in [0.2, 0.25) is 0 Å². The van der Waals surface area contributed by atoms with Gasteiger partial charge in [0.15, 0.2) is 0 Å². The normalized spacial score (nSPS) is 33.8. The molecule has 0 spiro atoms. The fraction of sp³-hybridized carbons (Fsp3) is 0.700. The van der Waals surface area contributed by atoms with Crippen molar-refractivity contribution >= 4 is 0 Å². The zero-order chi connectivity index (χ0) is 15.5.